The van der Waals surface area contributed by atoms with Crippen LogP contribution >= 0.6 is 24.8 Å². The van der Waals surface area contributed by atoms with Crippen LogP contribution in [-0.4, -0.2) is 15.4 Å². The van der Waals surface area contributed by atoms with E-state index in [9.17, 15) is 0 Å². The molecule has 0 aliphatic carbocycles. The van der Waals surface area contributed by atoms with Crippen molar-refractivity contribution in [1.29, 1.82) is 0 Å². The summed E-state index contributed by atoms with van der Waals surface area (Å²) in [5.41, 5.74) is 4.24. The Kier molecular flexibility index (Phi) is 7.65. The molecular weight excluding hydrogens is 387 g/mol. The number of halogens is 2. The van der Waals surface area contributed by atoms with Crippen LogP contribution in [0.2, 0.25) is 0 Å². The maximum atomic E-state index is 4.21. The molecule has 0 saturated carbocycles. The lowest BCUT2D eigenvalue weighted by molar-refractivity contribution is 0.112. The standard InChI is InChI=1S/C24H26N2.2ClH/c1-24(2)22(20-13-15-25-16-14-20)17-23(21-11-7-4-8-12-21)26(24)18-19-9-5-3-6-10-19;;/h3-16,22-23H,17-18H2,1-2H3;2*1H/t22-,23+;;/m1../s1. The van der Waals surface area contributed by atoms with Gasteiger partial charge in [0.1, 0.15) is 0 Å². The zero-order valence-electron chi connectivity index (χ0n) is 16.4. The summed E-state index contributed by atoms with van der Waals surface area (Å²) in [5, 5.41) is 0. The lowest BCUT2D eigenvalue weighted by Crippen LogP contribution is -2.42. The summed E-state index contributed by atoms with van der Waals surface area (Å²) in [5.74, 6) is 0.486. The van der Waals surface area contributed by atoms with Gasteiger partial charge in [-0.3, -0.25) is 9.88 Å². The van der Waals surface area contributed by atoms with E-state index in [1.165, 1.54) is 16.7 Å². The Bertz CT molecular complexity index is 838. The van der Waals surface area contributed by atoms with Crippen LogP contribution in [0.3, 0.4) is 0 Å². The van der Waals surface area contributed by atoms with Gasteiger partial charge in [0.2, 0.25) is 0 Å². The summed E-state index contributed by atoms with van der Waals surface area (Å²) in [6.45, 7) is 5.75. The first-order valence-corrected chi connectivity index (χ1v) is 9.42. The lowest BCUT2D eigenvalue weighted by Gasteiger charge is -2.39. The highest BCUT2D eigenvalue weighted by molar-refractivity contribution is 5.85. The van der Waals surface area contributed by atoms with Gasteiger partial charge in [-0.15, -0.1) is 24.8 Å². The van der Waals surface area contributed by atoms with Crippen LogP contribution in [0.4, 0.5) is 0 Å². The molecule has 2 aromatic carbocycles. The molecule has 2 atom stereocenters. The summed E-state index contributed by atoms with van der Waals surface area (Å²) in [4.78, 5) is 6.90. The van der Waals surface area contributed by atoms with Crippen molar-refractivity contribution < 1.29 is 0 Å². The Labute approximate surface area is 180 Å². The molecule has 0 spiro atoms. The summed E-state index contributed by atoms with van der Waals surface area (Å²) in [6, 6.07) is 26.6. The highest BCUT2D eigenvalue weighted by Crippen LogP contribution is 2.51. The van der Waals surface area contributed by atoms with Gasteiger partial charge in [0.25, 0.3) is 0 Å². The van der Waals surface area contributed by atoms with Gasteiger partial charge in [0, 0.05) is 36.4 Å². The van der Waals surface area contributed by atoms with Crippen molar-refractivity contribution in [2.24, 2.45) is 0 Å². The van der Waals surface area contributed by atoms with E-state index in [0.29, 0.717) is 12.0 Å². The van der Waals surface area contributed by atoms with E-state index in [1.807, 2.05) is 12.4 Å². The number of nitrogens with zero attached hydrogens (tertiary/aromatic N) is 2. The second kappa shape index (κ2) is 9.56. The van der Waals surface area contributed by atoms with Crippen LogP contribution in [0.1, 0.15) is 48.9 Å². The van der Waals surface area contributed by atoms with Gasteiger partial charge in [-0.2, -0.15) is 0 Å². The Morgan fingerprint density at radius 3 is 2.00 bits per heavy atom. The van der Waals surface area contributed by atoms with E-state index in [4.69, 9.17) is 0 Å². The minimum atomic E-state index is 0. The van der Waals surface area contributed by atoms with E-state index in [0.717, 1.165) is 13.0 Å². The molecule has 0 bridgehead atoms. The fourth-order valence-corrected chi connectivity index (χ4v) is 4.47. The third-order valence-corrected chi connectivity index (χ3v) is 5.92. The average Bonchev–Trinajstić information content (AvgIpc) is 2.95. The van der Waals surface area contributed by atoms with Crippen LogP contribution in [0, 0.1) is 0 Å². The van der Waals surface area contributed by atoms with Crippen molar-refractivity contribution in [1.82, 2.24) is 9.88 Å². The first-order valence-electron chi connectivity index (χ1n) is 9.42. The molecule has 0 amide bonds. The molecule has 4 heteroatoms. The summed E-state index contributed by atoms with van der Waals surface area (Å²) < 4.78 is 0. The fourth-order valence-electron chi connectivity index (χ4n) is 4.47. The second-order valence-electron chi connectivity index (χ2n) is 7.76. The molecule has 1 saturated heterocycles. The highest BCUT2D eigenvalue weighted by atomic mass is 35.5. The van der Waals surface area contributed by atoms with Gasteiger partial charge in [0.15, 0.2) is 0 Å². The fraction of sp³-hybridized carbons (Fsp3) is 0.292. The van der Waals surface area contributed by atoms with Crippen LogP contribution in [0.15, 0.2) is 85.2 Å². The summed E-state index contributed by atoms with van der Waals surface area (Å²) >= 11 is 0. The van der Waals surface area contributed by atoms with Crippen LogP contribution in [0.25, 0.3) is 0 Å². The molecule has 4 rings (SSSR count). The number of benzene rings is 2. The molecule has 0 N–H and O–H groups in total. The molecule has 0 radical (unpaired) electrons. The molecule has 3 aromatic rings. The molecular formula is C24H28Cl2N2. The third-order valence-electron chi connectivity index (χ3n) is 5.92. The zero-order chi connectivity index (χ0) is 18.0. The molecule has 1 aliphatic heterocycles. The Balaban J connectivity index is 0.00000140. The number of rotatable bonds is 4. The summed E-state index contributed by atoms with van der Waals surface area (Å²) in [7, 11) is 0. The first kappa shape index (κ1) is 22.4. The molecule has 1 aliphatic rings. The van der Waals surface area contributed by atoms with Crippen molar-refractivity contribution in [2.75, 3.05) is 0 Å². The maximum absolute atomic E-state index is 4.21. The monoisotopic (exact) mass is 414 g/mol. The number of hydrogen-bond donors (Lipinski definition) is 0. The van der Waals surface area contributed by atoms with Crippen molar-refractivity contribution in [3.63, 3.8) is 0 Å². The average molecular weight is 415 g/mol. The van der Waals surface area contributed by atoms with E-state index in [1.54, 1.807) is 0 Å². The lowest BCUT2D eigenvalue weighted by atomic mass is 9.82. The van der Waals surface area contributed by atoms with Gasteiger partial charge < -0.3 is 0 Å². The largest absolute Gasteiger partial charge is 0.286 e. The topological polar surface area (TPSA) is 16.1 Å². The van der Waals surface area contributed by atoms with Gasteiger partial charge >= 0.3 is 0 Å². The molecule has 1 fully saturated rings. The molecule has 2 heterocycles. The van der Waals surface area contributed by atoms with Crippen LogP contribution in [0.5, 0.6) is 0 Å². The Morgan fingerprint density at radius 2 is 1.39 bits per heavy atom. The van der Waals surface area contributed by atoms with Crippen molar-refractivity contribution in [3.05, 3.63) is 102 Å². The summed E-state index contributed by atoms with van der Waals surface area (Å²) in [6.07, 6.45) is 4.97. The van der Waals surface area contributed by atoms with Crippen molar-refractivity contribution in [2.45, 2.75) is 44.3 Å². The molecule has 1 aromatic heterocycles. The molecule has 28 heavy (non-hydrogen) atoms. The Hall–Kier alpha value is -1.87. The van der Waals surface area contributed by atoms with Crippen molar-refractivity contribution in [3.8, 4) is 0 Å². The minimum absolute atomic E-state index is 0. The van der Waals surface area contributed by atoms with Gasteiger partial charge in [-0.25, -0.2) is 0 Å². The van der Waals surface area contributed by atoms with E-state index in [-0.39, 0.29) is 30.4 Å². The number of likely N-dealkylation sites (tertiary alicyclic amines) is 1. The number of hydrogen-bond acceptors (Lipinski definition) is 2. The van der Waals surface area contributed by atoms with Crippen molar-refractivity contribution >= 4 is 24.8 Å². The predicted molar refractivity (Wildman–Crippen MR) is 121 cm³/mol. The van der Waals surface area contributed by atoms with Crippen LogP contribution in [-0.2, 0) is 6.54 Å². The molecule has 2 nitrogen and oxygen atoms in total. The number of aromatic nitrogens is 1. The highest BCUT2D eigenvalue weighted by Gasteiger charge is 2.47. The van der Waals surface area contributed by atoms with E-state index in [2.05, 4.69) is 96.5 Å². The van der Waals surface area contributed by atoms with Gasteiger partial charge in [-0.1, -0.05) is 60.7 Å². The molecule has 0 unspecified atom stereocenters. The quantitative estimate of drug-likeness (QED) is 0.488. The van der Waals surface area contributed by atoms with E-state index < -0.39 is 0 Å². The van der Waals surface area contributed by atoms with Gasteiger partial charge in [0.05, 0.1) is 0 Å². The maximum Gasteiger partial charge on any atom is 0.0363 e. The van der Waals surface area contributed by atoms with E-state index >= 15 is 0 Å². The number of pyridine rings is 1. The predicted octanol–water partition coefficient (Wildman–Crippen LogP) is 6.43. The normalized spacial score (nSPS) is 20.8. The third kappa shape index (κ3) is 4.41. The SMILES string of the molecule is CC1(C)[C@@H](c2ccncc2)C[C@@H](c2ccccc2)N1Cc1ccccc1.Cl.Cl. The van der Waals surface area contributed by atoms with Crippen LogP contribution < -0.4 is 0 Å². The first-order chi connectivity index (χ1) is 12.7. The zero-order valence-corrected chi connectivity index (χ0v) is 18.0. The second-order valence-corrected chi connectivity index (χ2v) is 7.76. The minimum Gasteiger partial charge on any atom is -0.286 e. The smallest absolute Gasteiger partial charge is 0.0363 e. The van der Waals surface area contributed by atoms with Gasteiger partial charge in [-0.05, 0) is 49.1 Å². The Morgan fingerprint density at radius 1 is 0.821 bits per heavy atom. The molecule has 148 valence electrons.